The number of nitrogens with zero attached hydrogens (tertiary/aromatic N) is 1. The molecule has 2 aromatic carbocycles. The van der Waals surface area contributed by atoms with E-state index in [1.807, 2.05) is 19.1 Å². The van der Waals surface area contributed by atoms with Crippen molar-refractivity contribution in [2.75, 3.05) is 42.9 Å². The van der Waals surface area contributed by atoms with Crippen molar-refractivity contribution in [2.24, 2.45) is 0 Å². The largest absolute Gasteiger partial charge is 0.423 e. The van der Waals surface area contributed by atoms with E-state index in [0.717, 1.165) is 35.3 Å². The first kappa shape index (κ1) is 19.8. The Morgan fingerprint density at radius 2 is 1.86 bits per heavy atom. The highest BCUT2D eigenvalue weighted by Crippen LogP contribution is 2.26. The van der Waals surface area contributed by atoms with Crippen LogP contribution in [0.1, 0.15) is 18.1 Å². The first-order chi connectivity index (χ1) is 14.0. The summed E-state index contributed by atoms with van der Waals surface area (Å²) in [6.45, 7) is 10.5. The maximum absolute atomic E-state index is 11.9. The van der Waals surface area contributed by atoms with Gasteiger partial charge in [-0.05, 0) is 61.4 Å². The number of quaternary nitrogens is 1. The van der Waals surface area contributed by atoms with Crippen LogP contribution in [-0.4, -0.2) is 32.7 Å². The lowest BCUT2D eigenvalue weighted by Crippen LogP contribution is -3.14. The van der Waals surface area contributed by atoms with Crippen molar-refractivity contribution in [3.63, 3.8) is 0 Å². The Kier molecular flexibility index (Phi) is 5.79. The molecule has 0 unspecified atom stereocenters. The van der Waals surface area contributed by atoms with Crippen molar-refractivity contribution in [2.45, 2.75) is 20.4 Å². The van der Waals surface area contributed by atoms with Crippen LogP contribution in [0.3, 0.4) is 0 Å². The second-order valence-corrected chi connectivity index (χ2v) is 8.09. The number of fused-ring (bicyclic) bond motifs is 1. The van der Waals surface area contributed by atoms with Crippen molar-refractivity contribution in [1.82, 2.24) is 0 Å². The maximum Gasteiger partial charge on any atom is 0.336 e. The molecule has 1 saturated heterocycles. The quantitative estimate of drug-likeness (QED) is 0.632. The summed E-state index contributed by atoms with van der Waals surface area (Å²) in [5.74, 6) is 0. The van der Waals surface area contributed by atoms with Gasteiger partial charge in [0.2, 0.25) is 0 Å². The van der Waals surface area contributed by atoms with Gasteiger partial charge in [-0.1, -0.05) is 11.6 Å². The summed E-state index contributed by atoms with van der Waals surface area (Å²) >= 11 is 6.28. The van der Waals surface area contributed by atoms with Crippen LogP contribution in [0.5, 0.6) is 0 Å². The average Bonchev–Trinajstić information content (AvgIpc) is 2.74. The molecule has 0 spiro atoms. The van der Waals surface area contributed by atoms with Crippen molar-refractivity contribution < 1.29 is 9.32 Å². The van der Waals surface area contributed by atoms with Gasteiger partial charge in [-0.15, -0.1) is 0 Å². The Labute approximate surface area is 175 Å². The van der Waals surface area contributed by atoms with Gasteiger partial charge in [0, 0.05) is 34.4 Å². The Balaban J connectivity index is 1.47. The summed E-state index contributed by atoms with van der Waals surface area (Å²) in [4.78, 5) is 16.1. The fraction of sp³-hybridized carbons (Fsp3) is 0.348. The van der Waals surface area contributed by atoms with Gasteiger partial charge >= 0.3 is 5.63 Å². The SMILES string of the molecule is CC[NH+]1CCN(c2ccc(NCc3cc(=O)oc4cc(C)c(Cl)cc34)cc2)CC1. The van der Waals surface area contributed by atoms with E-state index in [1.54, 1.807) is 4.90 Å². The molecule has 0 atom stereocenters. The number of hydrogen-bond acceptors (Lipinski definition) is 4. The molecule has 0 bridgehead atoms. The lowest BCUT2D eigenvalue weighted by molar-refractivity contribution is -0.898. The minimum Gasteiger partial charge on any atom is -0.423 e. The van der Waals surface area contributed by atoms with Crippen LogP contribution in [0.4, 0.5) is 11.4 Å². The van der Waals surface area contributed by atoms with Gasteiger partial charge in [-0.25, -0.2) is 4.79 Å². The van der Waals surface area contributed by atoms with E-state index in [2.05, 4.69) is 41.4 Å². The lowest BCUT2D eigenvalue weighted by atomic mass is 10.1. The summed E-state index contributed by atoms with van der Waals surface area (Å²) in [6.07, 6.45) is 0. The van der Waals surface area contributed by atoms with E-state index in [4.69, 9.17) is 16.0 Å². The van der Waals surface area contributed by atoms with E-state index >= 15 is 0 Å². The molecule has 4 rings (SSSR count). The van der Waals surface area contributed by atoms with Crippen LogP contribution in [0, 0.1) is 6.92 Å². The fourth-order valence-corrected chi connectivity index (χ4v) is 4.08. The van der Waals surface area contributed by atoms with Gasteiger partial charge in [-0.2, -0.15) is 0 Å². The van der Waals surface area contributed by atoms with Gasteiger partial charge < -0.3 is 19.5 Å². The van der Waals surface area contributed by atoms with Gasteiger partial charge in [0.25, 0.3) is 0 Å². The zero-order chi connectivity index (χ0) is 20.4. The maximum atomic E-state index is 11.9. The molecule has 1 aliphatic rings. The monoisotopic (exact) mass is 412 g/mol. The molecule has 1 fully saturated rings. The summed E-state index contributed by atoms with van der Waals surface area (Å²) in [5.41, 5.74) is 4.27. The van der Waals surface area contributed by atoms with Crippen molar-refractivity contribution in [1.29, 1.82) is 0 Å². The van der Waals surface area contributed by atoms with Crippen LogP contribution < -0.4 is 20.7 Å². The first-order valence-corrected chi connectivity index (χ1v) is 10.6. The fourth-order valence-electron chi connectivity index (χ4n) is 3.92. The van der Waals surface area contributed by atoms with E-state index in [-0.39, 0.29) is 5.63 Å². The first-order valence-electron chi connectivity index (χ1n) is 10.2. The lowest BCUT2D eigenvalue weighted by Gasteiger charge is -2.33. The minimum atomic E-state index is -0.347. The molecule has 29 heavy (non-hydrogen) atoms. The van der Waals surface area contributed by atoms with Crippen LogP contribution in [0.25, 0.3) is 11.0 Å². The number of benzene rings is 2. The zero-order valence-corrected chi connectivity index (χ0v) is 17.7. The van der Waals surface area contributed by atoms with Crippen molar-refractivity contribution >= 4 is 33.9 Å². The number of halogens is 1. The number of anilines is 2. The van der Waals surface area contributed by atoms with Gasteiger partial charge in [0.1, 0.15) is 5.58 Å². The normalized spacial score (nSPS) is 15.1. The zero-order valence-electron chi connectivity index (χ0n) is 16.9. The molecular formula is C23H27ClN3O2+. The highest BCUT2D eigenvalue weighted by Gasteiger charge is 2.18. The third-order valence-corrected chi connectivity index (χ3v) is 6.20. The molecule has 0 radical (unpaired) electrons. The Morgan fingerprint density at radius 3 is 2.55 bits per heavy atom. The highest BCUT2D eigenvalue weighted by molar-refractivity contribution is 6.32. The topological polar surface area (TPSA) is 49.9 Å². The van der Waals surface area contributed by atoms with Crippen molar-refractivity contribution in [3.8, 4) is 0 Å². The summed E-state index contributed by atoms with van der Waals surface area (Å²) in [5, 5.41) is 4.94. The van der Waals surface area contributed by atoms with Crippen LogP contribution in [0.15, 0.2) is 51.7 Å². The minimum absolute atomic E-state index is 0.347. The molecular weight excluding hydrogens is 386 g/mol. The number of piperazine rings is 1. The average molecular weight is 413 g/mol. The molecule has 0 amide bonds. The molecule has 0 aliphatic carbocycles. The second kappa shape index (κ2) is 8.47. The number of nitrogens with one attached hydrogen (secondary N) is 2. The van der Waals surface area contributed by atoms with E-state index in [9.17, 15) is 4.79 Å². The predicted octanol–water partition coefficient (Wildman–Crippen LogP) is 3.09. The van der Waals surface area contributed by atoms with E-state index in [1.165, 1.54) is 31.4 Å². The number of hydrogen-bond donors (Lipinski definition) is 2. The molecule has 1 aliphatic heterocycles. The second-order valence-electron chi connectivity index (χ2n) is 7.68. The number of rotatable bonds is 5. The molecule has 5 nitrogen and oxygen atoms in total. The van der Waals surface area contributed by atoms with Crippen molar-refractivity contribution in [3.05, 3.63) is 69.0 Å². The Hall–Kier alpha value is -2.50. The molecule has 2 heterocycles. The smallest absolute Gasteiger partial charge is 0.336 e. The standard InChI is InChI=1S/C23H26ClN3O2/c1-3-26-8-10-27(11-9-26)19-6-4-18(5-7-19)25-15-17-13-23(28)29-22-12-16(2)21(24)14-20(17)22/h4-7,12-14,25H,3,8-11,15H2,1-2H3/p+1. The van der Waals surface area contributed by atoms with Gasteiger partial charge in [-0.3, -0.25) is 0 Å². The molecule has 1 aromatic heterocycles. The summed E-state index contributed by atoms with van der Waals surface area (Å²) < 4.78 is 5.34. The molecule has 2 N–H and O–H groups in total. The number of likely N-dealkylation sites (N-methyl/N-ethyl adjacent to an activating group) is 1. The molecule has 3 aromatic rings. The Bertz CT molecular complexity index is 1050. The summed E-state index contributed by atoms with van der Waals surface area (Å²) in [6, 6.07) is 13.7. The van der Waals surface area contributed by atoms with E-state index < -0.39 is 0 Å². The van der Waals surface area contributed by atoms with Crippen LogP contribution in [0.2, 0.25) is 5.02 Å². The molecule has 6 heteroatoms. The van der Waals surface area contributed by atoms with Gasteiger partial charge in [0.05, 0.1) is 32.7 Å². The van der Waals surface area contributed by atoms with Crippen LogP contribution in [-0.2, 0) is 6.54 Å². The Morgan fingerprint density at radius 1 is 1.14 bits per heavy atom. The molecule has 0 saturated carbocycles. The van der Waals surface area contributed by atoms with Crippen LogP contribution >= 0.6 is 11.6 Å². The highest BCUT2D eigenvalue weighted by atomic mass is 35.5. The van der Waals surface area contributed by atoms with E-state index in [0.29, 0.717) is 17.2 Å². The third-order valence-electron chi connectivity index (χ3n) is 5.80. The third kappa shape index (κ3) is 4.41. The predicted molar refractivity (Wildman–Crippen MR) is 119 cm³/mol. The summed E-state index contributed by atoms with van der Waals surface area (Å²) in [7, 11) is 0. The number of aryl methyl sites for hydroxylation is 1. The van der Waals surface area contributed by atoms with Gasteiger partial charge in [0.15, 0.2) is 0 Å². The molecule has 152 valence electrons.